The molecule has 0 aliphatic carbocycles. The maximum atomic E-state index is 14.3. The van der Waals surface area contributed by atoms with Crippen molar-refractivity contribution < 1.29 is 24.3 Å². The SMILES string of the molecule is CN1C(=O)N(c2cc(Cl)cc(Cl)c2)C(=O)C12CN(CC(=O)N1CCCC(C(=O)O)C1)CC2c1ccc(C#N)cc1. The number of anilines is 1. The van der Waals surface area contributed by atoms with E-state index in [1.165, 1.54) is 23.1 Å². The van der Waals surface area contributed by atoms with Crippen molar-refractivity contribution in [1.82, 2.24) is 14.7 Å². The van der Waals surface area contributed by atoms with Gasteiger partial charge in [0.05, 0.1) is 29.8 Å². The summed E-state index contributed by atoms with van der Waals surface area (Å²) in [6.07, 6.45) is 1.13. The number of amides is 4. The molecule has 3 unspecified atom stereocenters. The van der Waals surface area contributed by atoms with Gasteiger partial charge in [0.15, 0.2) is 0 Å². The number of aliphatic carboxylic acids is 1. The summed E-state index contributed by atoms with van der Waals surface area (Å²) in [5.41, 5.74) is 0.110. The number of benzene rings is 2. The van der Waals surface area contributed by atoms with Gasteiger partial charge < -0.3 is 14.9 Å². The summed E-state index contributed by atoms with van der Waals surface area (Å²) in [6, 6.07) is 12.9. The van der Waals surface area contributed by atoms with Gasteiger partial charge in [-0.05, 0) is 48.7 Å². The van der Waals surface area contributed by atoms with Crippen LogP contribution < -0.4 is 4.90 Å². The number of urea groups is 1. The molecule has 2 aromatic carbocycles. The number of piperidine rings is 1. The van der Waals surface area contributed by atoms with Crippen LogP contribution in [-0.4, -0.2) is 88.9 Å². The summed E-state index contributed by atoms with van der Waals surface area (Å²) in [4.78, 5) is 58.6. The Bertz CT molecular complexity index is 1410. The zero-order valence-electron chi connectivity index (χ0n) is 21.7. The van der Waals surface area contributed by atoms with Crippen molar-refractivity contribution in [3.8, 4) is 6.07 Å². The lowest BCUT2D eigenvalue weighted by Gasteiger charge is -2.34. The lowest BCUT2D eigenvalue weighted by molar-refractivity contribution is -0.146. The van der Waals surface area contributed by atoms with E-state index < -0.39 is 35.3 Å². The number of imide groups is 1. The third kappa shape index (κ3) is 4.79. The van der Waals surface area contributed by atoms with Gasteiger partial charge in [-0.3, -0.25) is 19.3 Å². The highest BCUT2D eigenvalue weighted by molar-refractivity contribution is 6.35. The van der Waals surface area contributed by atoms with Crippen LogP contribution in [0.3, 0.4) is 0 Å². The van der Waals surface area contributed by atoms with E-state index in [1.54, 1.807) is 36.2 Å². The van der Waals surface area contributed by atoms with E-state index in [-0.39, 0.29) is 41.3 Å². The fraction of sp³-hybridized carbons (Fsp3) is 0.393. The molecule has 0 bridgehead atoms. The Morgan fingerprint density at radius 3 is 2.40 bits per heavy atom. The number of nitriles is 1. The predicted molar refractivity (Wildman–Crippen MR) is 147 cm³/mol. The van der Waals surface area contributed by atoms with Crippen LogP contribution in [0.2, 0.25) is 10.0 Å². The van der Waals surface area contributed by atoms with E-state index in [1.807, 2.05) is 4.90 Å². The predicted octanol–water partition coefficient (Wildman–Crippen LogP) is 3.42. The zero-order valence-corrected chi connectivity index (χ0v) is 23.2. The summed E-state index contributed by atoms with van der Waals surface area (Å²) in [7, 11) is 1.57. The summed E-state index contributed by atoms with van der Waals surface area (Å²) in [6.45, 7) is 0.972. The average molecular weight is 584 g/mol. The molecule has 1 spiro atoms. The third-order valence-electron chi connectivity index (χ3n) is 8.16. The van der Waals surface area contributed by atoms with E-state index >= 15 is 0 Å². The fourth-order valence-electron chi connectivity index (χ4n) is 6.11. The van der Waals surface area contributed by atoms with Crippen LogP contribution in [0.5, 0.6) is 0 Å². The first-order valence-electron chi connectivity index (χ1n) is 12.9. The summed E-state index contributed by atoms with van der Waals surface area (Å²) in [5, 5.41) is 19.2. The molecule has 3 aliphatic rings. The van der Waals surface area contributed by atoms with E-state index in [0.717, 1.165) is 10.5 Å². The molecule has 12 heteroatoms. The average Bonchev–Trinajstić information content (AvgIpc) is 3.39. The summed E-state index contributed by atoms with van der Waals surface area (Å²) in [5.74, 6) is -2.73. The second-order valence-electron chi connectivity index (χ2n) is 10.5. The Balaban J connectivity index is 1.49. The van der Waals surface area contributed by atoms with Crippen LogP contribution in [0.1, 0.15) is 29.9 Å². The minimum atomic E-state index is -1.34. The Kier molecular flexibility index (Phi) is 7.48. The maximum absolute atomic E-state index is 14.3. The second kappa shape index (κ2) is 10.7. The Hall–Kier alpha value is -3.65. The normalized spacial score (nSPS) is 25.1. The number of carbonyl (C=O) groups excluding carboxylic acids is 3. The molecule has 0 aromatic heterocycles. The van der Waals surface area contributed by atoms with Crippen molar-refractivity contribution in [2.24, 2.45) is 5.92 Å². The highest BCUT2D eigenvalue weighted by Crippen LogP contribution is 2.46. The quantitative estimate of drug-likeness (QED) is 0.534. The molecule has 2 aromatic rings. The van der Waals surface area contributed by atoms with Gasteiger partial charge in [0.2, 0.25) is 5.91 Å². The van der Waals surface area contributed by atoms with Crippen molar-refractivity contribution in [3.63, 3.8) is 0 Å². The van der Waals surface area contributed by atoms with Crippen LogP contribution in [0.25, 0.3) is 0 Å². The van der Waals surface area contributed by atoms with Crippen LogP contribution in [0.15, 0.2) is 42.5 Å². The monoisotopic (exact) mass is 583 g/mol. The molecule has 10 nitrogen and oxygen atoms in total. The van der Waals surface area contributed by atoms with Gasteiger partial charge >= 0.3 is 12.0 Å². The van der Waals surface area contributed by atoms with Gasteiger partial charge in [-0.2, -0.15) is 5.26 Å². The van der Waals surface area contributed by atoms with Crippen molar-refractivity contribution in [2.45, 2.75) is 24.3 Å². The molecule has 3 aliphatic heterocycles. The van der Waals surface area contributed by atoms with E-state index in [0.29, 0.717) is 31.5 Å². The molecular weight excluding hydrogens is 557 g/mol. The largest absolute Gasteiger partial charge is 0.481 e. The zero-order chi connectivity index (χ0) is 28.8. The number of likely N-dealkylation sites (tertiary alicyclic amines) is 2. The minimum Gasteiger partial charge on any atom is -0.481 e. The van der Waals surface area contributed by atoms with E-state index in [2.05, 4.69) is 6.07 Å². The smallest absolute Gasteiger partial charge is 0.332 e. The van der Waals surface area contributed by atoms with Gasteiger partial charge in [-0.25, -0.2) is 9.69 Å². The number of carbonyl (C=O) groups is 4. The minimum absolute atomic E-state index is 0.0286. The van der Waals surface area contributed by atoms with Crippen LogP contribution in [0.4, 0.5) is 10.5 Å². The molecule has 0 saturated carbocycles. The van der Waals surface area contributed by atoms with Crippen molar-refractivity contribution >= 4 is 52.7 Å². The van der Waals surface area contributed by atoms with Crippen molar-refractivity contribution in [3.05, 3.63) is 63.6 Å². The van der Waals surface area contributed by atoms with Crippen molar-refractivity contribution in [2.75, 3.05) is 44.7 Å². The van der Waals surface area contributed by atoms with Gasteiger partial charge in [0, 0.05) is 49.2 Å². The first-order chi connectivity index (χ1) is 19.0. The number of hydrogen-bond acceptors (Lipinski definition) is 6. The molecular formula is C28H27Cl2N5O5. The lowest BCUT2D eigenvalue weighted by Crippen LogP contribution is -2.54. The molecule has 3 fully saturated rings. The van der Waals surface area contributed by atoms with E-state index in [9.17, 15) is 29.5 Å². The molecule has 0 radical (unpaired) electrons. The third-order valence-corrected chi connectivity index (χ3v) is 8.60. The first kappa shape index (κ1) is 27.9. The Morgan fingerprint density at radius 2 is 1.77 bits per heavy atom. The van der Waals surface area contributed by atoms with Gasteiger partial charge in [0.25, 0.3) is 5.91 Å². The summed E-state index contributed by atoms with van der Waals surface area (Å²) < 4.78 is 0. The van der Waals surface area contributed by atoms with Crippen LogP contribution in [-0.2, 0) is 14.4 Å². The molecule has 40 heavy (non-hydrogen) atoms. The molecule has 3 atom stereocenters. The second-order valence-corrected chi connectivity index (χ2v) is 11.4. The number of rotatable bonds is 5. The number of carboxylic acid groups (broad SMARTS) is 1. The number of halogens is 2. The molecule has 1 N–H and O–H groups in total. The van der Waals surface area contributed by atoms with Crippen LogP contribution in [0, 0.1) is 17.2 Å². The molecule has 3 saturated heterocycles. The van der Waals surface area contributed by atoms with Crippen LogP contribution >= 0.6 is 23.2 Å². The number of likely N-dealkylation sites (N-methyl/N-ethyl adjacent to an activating group) is 1. The molecule has 5 rings (SSSR count). The highest BCUT2D eigenvalue weighted by Gasteiger charge is 2.64. The van der Waals surface area contributed by atoms with Gasteiger partial charge in [-0.15, -0.1) is 0 Å². The fourth-order valence-corrected chi connectivity index (χ4v) is 6.62. The topological polar surface area (TPSA) is 125 Å². The Morgan fingerprint density at radius 1 is 1.10 bits per heavy atom. The standard InChI is InChI=1S/C28H27Cl2N5O5/c1-32-27(40)35(22-10-20(29)9-21(30)11-22)26(39)28(32)16-33(14-23(28)18-6-4-17(12-31)5-7-18)15-24(36)34-8-2-3-19(13-34)25(37)38/h4-7,9-11,19,23H,2-3,8,13-16H2,1H3,(H,37,38). The molecule has 4 amide bonds. The highest BCUT2D eigenvalue weighted by atomic mass is 35.5. The van der Waals surface area contributed by atoms with Gasteiger partial charge in [-0.1, -0.05) is 35.3 Å². The molecule has 208 valence electrons. The number of carboxylic acids is 1. The van der Waals surface area contributed by atoms with E-state index in [4.69, 9.17) is 23.2 Å². The van der Waals surface area contributed by atoms with Crippen molar-refractivity contribution in [1.29, 1.82) is 5.26 Å². The number of hydrogen-bond donors (Lipinski definition) is 1. The Labute approximate surface area is 241 Å². The maximum Gasteiger partial charge on any atom is 0.332 e. The molecule has 3 heterocycles. The first-order valence-corrected chi connectivity index (χ1v) is 13.6. The number of nitrogens with zero attached hydrogens (tertiary/aromatic N) is 5. The summed E-state index contributed by atoms with van der Waals surface area (Å²) >= 11 is 12.4. The lowest BCUT2D eigenvalue weighted by atomic mass is 9.80. The van der Waals surface area contributed by atoms with Gasteiger partial charge in [0.1, 0.15) is 5.54 Å².